The fraction of sp³-hybridized carbons (Fsp3) is 0.462. The van der Waals surface area contributed by atoms with Crippen molar-refractivity contribution in [3.8, 4) is 5.75 Å². The third-order valence-corrected chi connectivity index (χ3v) is 3.38. The number of carbonyl (C=O) groups excluding carboxylic acids is 1. The number of amides is 1. The van der Waals surface area contributed by atoms with E-state index in [9.17, 15) is 19.8 Å². The molecule has 0 unspecified atom stereocenters. The molecule has 0 saturated heterocycles. The van der Waals surface area contributed by atoms with Crippen molar-refractivity contribution in [1.82, 2.24) is 10.3 Å². The molecule has 0 atom stereocenters. The Kier molecular flexibility index (Phi) is 4.86. The van der Waals surface area contributed by atoms with Crippen LogP contribution in [0.3, 0.4) is 0 Å². The fourth-order valence-electron chi connectivity index (χ4n) is 1.78. The summed E-state index contributed by atoms with van der Waals surface area (Å²) in [7, 11) is 0. The number of hydrogen-bond acceptors (Lipinski definition) is 4. The summed E-state index contributed by atoms with van der Waals surface area (Å²) in [5, 5.41) is 21.1. The molecule has 6 nitrogen and oxygen atoms in total. The number of pyridine rings is 1. The Balaban J connectivity index is 2.75. The van der Waals surface area contributed by atoms with Crippen LogP contribution in [0.1, 0.15) is 37.0 Å². The Morgan fingerprint density at radius 2 is 1.95 bits per heavy atom. The normalized spacial score (nSPS) is 11.1. The second-order valence-corrected chi connectivity index (χ2v) is 4.41. The second kappa shape index (κ2) is 6.17. The highest BCUT2D eigenvalue weighted by molar-refractivity contribution is 5.94. The number of nitrogens with one attached hydrogen (secondary N) is 1. The fourth-order valence-corrected chi connectivity index (χ4v) is 1.78. The SMILES string of the molecule is CCC(CC)(CNC(=O)c1cncc(O)c1)C(=O)O. The van der Waals surface area contributed by atoms with Crippen LogP contribution >= 0.6 is 0 Å². The number of hydrogen-bond donors (Lipinski definition) is 3. The number of aromatic hydroxyl groups is 1. The molecule has 0 aliphatic heterocycles. The van der Waals surface area contributed by atoms with E-state index in [-0.39, 0.29) is 17.9 Å². The lowest BCUT2D eigenvalue weighted by Gasteiger charge is -2.26. The van der Waals surface area contributed by atoms with Gasteiger partial charge in [0, 0.05) is 12.7 Å². The summed E-state index contributed by atoms with van der Waals surface area (Å²) in [4.78, 5) is 26.8. The first-order chi connectivity index (χ1) is 8.95. The molecule has 1 aromatic heterocycles. The minimum absolute atomic E-state index is 0.0455. The molecule has 0 spiro atoms. The van der Waals surface area contributed by atoms with E-state index in [0.717, 1.165) is 0 Å². The van der Waals surface area contributed by atoms with Gasteiger partial charge in [0.05, 0.1) is 17.2 Å². The van der Waals surface area contributed by atoms with Gasteiger partial charge in [-0.05, 0) is 18.9 Å². The Hall–Kier alpha value is -2.11. The maximum Gasteiger partial charge on any atom is 0.311 e. The highest BCUT2D eigenvalue weighted by atomic mass is 16.4. The lowest BCUT2D eigenvalue weighted by atomic mass is 9.82. The van der Waals surface area contributed by atoms with Gasteiger partial charge in [0.25, 0.3) is 5.91 Å². The molecule has 0 fully saturated rings. The standard InChI is InChI=1S/C13H18N2O4/c1-3-13(4-2,12(18)19)8-15-11(17)9-5-10(16)7-14-6-9/h5-7,16H,3-4,8H2,1-2H3,(H,15,17)(H,18,19). The average Bonchev–Trinajstić information content (AvgIpc) is 2.40. The van der Waals surface area contributed by atoms with Crippen molar-refractivity contribution in [2.24, 2.45) is 5.41 Å². The van der Waals surface area contributed by atoms with Gasteiger partial charge in [-0.1, -0.05) is 13.8 Å². The Morgan fingerprint density at radius 3 is 2.42 bits per heavy atom. The van der Waals surface area contributed by atoms with Crippen molar-refractivity contribution in [2.45, 2.75) is 26.7 Å². The van der Waals surface area contributed by atoms with Crippen LogP contribution in [-0.4, -0.2) is 33.6 Å². The van der Waals surface area contributed by atoms with E-state index in [0.29, 0.717) is 12.8 Å². The first-order valence-electron chi connectivity index (χ1n) is 6.10. The van der Waals surface area contributed by atoms with Gasteiger partial charge in [-0.25, -0.2) is 0 Å². The first-order valence-corrected chi connectivity index (χ1v) is 6.10. The number of carbonyl (C=O) groups is 2. The molecule has 0 aliphatic carbocycles. The van der Waals surface area contributed by atoms with Gasteiger partial charge in [0.15, 0.2) is 0 Å². The number of carboxylic acid groups (broad SMARTS) is 1. The van der Waals surface area contributed by atoms with Crippen LogP contribution in [-0.2, 0) is 4.79 Å². The minimum Gasteiger partial charge on any atom is -0.506 e. The molecule has 3 N–H and O–H groups in total. The second-order valence-electron chi connectivity index (χ2n) is 4.41. The van der Waals surface area contributed by atoms with E-state index >= 15 is 0 Å². The number of aliphatic carboxylic acids is 1. The molecular formula is C13H18N2O4. The van der Waals surface area contributed by atoms with Gasteiger partial charge in [-0.3, -0.25) is 14.6 Å². The van der Waals surface area contributed by atoms with E-state index in [2.05, 4.69) is 10.3 Å². The summed E-state index contributed by atoms with van der Waals surface area (Å²) >= 11 is 0. The van der Waals surface area contributed by atoms with Crippen molar-refractivity contribution < 1.29 is 19.8 Å². The molecule has 0 saturated carbocycles. The molecule has 0 bridgehead atoms. The van der Waals surface area contributed by atoms with Crippen molar-refractivity contribution in [3.05, 3.63) is 24.0 Å². The summed E-state index contributed by atoms with van der Waals surface area (Å²) < 4.78 is 0. The Labute approximate surface area is 111 Å². The Morgan fingerprint density at radius 1 is 1.32 bits per heavy atom. The molecule has 0 aliphatic rings. The smallest absolute Gasteiger partial charge is 0.311 e. The van der Waals surface area contributed by atoms with Crippen LogP contribution in [0.25, 0.3) is 0 Å². The van der Waals surface area contributed by atoms with Gasteiger partial charge in [0.1, 0.15) is 5.75 Å². The number of nitrogens with zero attached hydrogens (tertiary/aromatic N) is 1. The molecule has 0 radical (unpaired) electrons. The van der Waals surface area contributed by atoms with Crippen LogP contribution in [0.15, 0.2) is 18.5 Å². The molecule has 6 heteroatoms. The lowest BCUT2D eigenvalue weighted by Crippen LogP contribution is -2.42. The number of aromatic nitrogens is 1. The molecule has 1 amide bonds. The van der Waals surface area contributed by atoms with Crippen LogP contribution in [0.5, 0.6) is 5.75 Å². The zero-order valence-electron chi connectivity index (χ0n) is 11.0. The first kappa shape index (κ1) is 14.9. The van der Waals surface area contributed by atoms with Crippen molar-refractivity contribution in [3.63, 3.8) is 0 Å². The molecule has 1 aromatic rings. The topological polar surface area (TPSA) is 99.5 Å². The highest BCUT2D eigenvalue weighted by Gasteiger charge is 2.35. The number of carboxylic acids is 1. The van der Waals surface area contributed by atoms with Gasteiger partial charge in [0.2, 0.25) is 0 Å². The maximum atomic E-state index is 11.8. The number of rotatable bonds is 6. The summed E-state index contributed by atoms with van der Waals surface area (Å²) in [6, 6.07) is 1.28. The van der Waals surface area contributed by atoms with E-state index in [4.69, 9.17) is 0 Å². The third kappa shape index (κ3) is 3.43. The summed E-state index contributed by atoms with van der Waals surface area (Å²) in [5.41, 5.74) is -0.758. The maximum absolute atomic E-state index is 11.8. The predicted octanol–water partition coefficient (Wildman–Crippen LogP) is 1.41. The molecule has 1 heterocycles. The quantitative estimate of drug-likeness (QED) is 0.723. The monoisotopic (exact) mass is 266 g/mol. The van der Waals surface area contributed by atoms with E-state index in [1.165, 1.54) is 18.5 Å². The zero-order chi connectivity index (χ0) is 14.5. The van der Waals surface area contributed by atoms with Gasteiger partial charge in [-0.2, -0.15) is 0 Å². The highest BCUT2D eigenvalue weighted by Crippen LogP contribution is 2.25. The summed E-state index contributed by atoms with van der Waals surface area (Å²) in [5.74, 6) is -1.48. The van der Waals surface area contributed by atoms with E-state index in [1.807, 2.05) is 0 Å². The van der Waals surface area contributed by atoms with E-state index < -0.39 is 17.3 Å². The Bertz CT molecular complexity index is 469. The molecule has 19 heavy (non-hydrogen) atoms. The minimum atomic E-state index is -0.958. The van der Waals surface area contributed by atoms with Gasteiger partial charge >= 0.3 is 5.97 Å². The van der Waals surface area contributed by atoms with Gasteiger partial charge in [-0.15, -0.1) is 0 Å². The van der Waals surface area contributed by atoms with Crippen molar-refractivity contribution >= 4 is 11.9 Å². The molecule has 104 valence electrons. The molecule has 0 aromatic carbocycles. The van der Waals surface area contributed by atoms with Crippen LogP contribution < -0.4 is 5.32 Å². The summed E-state index contributed by atoms with van der Waals surface area (Å²) in [6.45, 7) is 3.60. The van der Waals surface area contributed by atoms with Gasteiger partial charge < -0.3 is 15.5 Å². The lowest BCUT2D eigenvalue weighted by molar-refractivity contribution is -0.149. The summed E-state index contributed by atoms with van der Waals surface area (Å²) in [6.07, 6.45) is 3.39. The molecule has 1 rings (SSSR count). The zero-order valence-corrected chi connectivity index (χ0v) is 11.0. The third-order valence-electron chi connectivity index (χ3n) is 3.38. The predicted molar refractivity (Wildman–Crippen MR) is 68.9 cm³/mol. The average molecular weight is 266 g/mol. The van der Waals surface area contributed by atoms with Crippen molar-refractivity contribution in [1.29, 1.82) is 0 Å². The van der Waals surface area contributed by atoms with E-state index in [1.54, 1.807) is 13.8 Å². The van der Waals surface area contributed by atoms with Crippen LogP contribution in [0, 0.1) is 5.41 Å². The van der Waals surface area contributed by atoms with Crippen LogP contribution in [0.4, 0.5) is 0 Å². The molecular weight excluding hydrogens is 248 g/mol. The largest absolute Gasteiger partial charge is 0.506 e. The van der Waals surface area contributed by atoms with Crippen molar-refractivity contribution in [2.75, 3.05) is 6.54 Å². The van der Waals surface area contributed by atoms with Crippen LogP contribution in [0.2, 0.25) is 0 Å².